The Morgan fingerprint density at radius 3 is 2.35 bits per heavy atom. The van der Waals surface area contributed by atoms with Gasteiger partial charge in [-0.2, -0.15) is 5.10 Å². The predicted molar refractivity (Wildman–Crippen MR) is 101 cm³/mol. The molecule has 0 spiro atoms. The molecule has 0 fully saturated rings. The van der Waals surface area contributed by atoms with E-state index in [-0.39, 0.29) is 17.8 Å². The van der Waals surface area contributed by atoms with Gasteiger partial charge in [0.1, 0.15) is 5.56 Å². The van der Waals surface area contributed by atoms with Crippen molar-refractivity contribution in [3.8, 4) is 5.88 Å². The van der Waals surface area contributed by atoms with E-state index in [1.54, 1.807) is 6.92 Å². The molecule has 0 amide bonds. The molecule has 0 bridgehead atoms. The first-order valence-electron chi connectivity index (χ1n) is 8.02. The number of hydrogen-bond acceptors (Lipinski definition) is 5. The average molecular weight is 350 g/mol. The van der Waals surface area contributed by atoms with Gasteiger partial charge in [0, 0.05) is 0 Å². The Bertz CT molecular complexity index is 1040. The smallest absolute Gasteiger partial charge is 0.331 e. The molecule has 1 aromatic heterocycles. The minimum atomic E-state index is -0.687. The number of nitrogens with zero attached hydrogens (tertiary/aromatic N) is 2. The zero-order chi connectivity index (χ0) is 18.5. The van der Waals surface area contributed by atoms with E-state index in [1.807, 2.05) is 60.7 Å². The Morgan fingerprint density at radius 2 is 1.69 bits per heavy atom. The molecule has 0 unspecified atom stereocenters. The van der Waals surface area contributed by atoms with Gasteiger partial charge < -0.3 is 5.11 Å². The third-order valence-electron chi connectivity index (χ3n) is 3.84. The van der Waals surface area contributed by atoms with Crippen molar-refractivity contribution in [1.82, 2.24) is 9.55 Å². The number of rotatable bonds is 5. The number of para-hydroxylation sites is 1. The number of hydrogen-bond donors (Lipinski definition) is 3. The minimum absolute atomic E-state index is 0.0519. The summed E-state index contributed by atoms with van der Waals surface area (Å²) in [6, 6.07) is 18.4. The highest BCUT2D eigenvalue weighted by molar-refractivity contribution is 6.00. The highest BCUT2D eigenvalue weighted by atomic mass is 16.3. The van der Waals surface area contributed by atoms with Gasteiger partial charge in [-0.1, -0.05) is 48.5 Å². The largest absolute Gasteiger partial charge is 0.494 e. The highest BCUT2D eigenvalue weighted by Gasteiger charge is 2.17. The maximum Gasteiger partial charge on any atom is 0.331 e. The third-order valence-corrected chi connectivity index (χ3v) is 3.84. The standard InChI is InChI=1S/C19H18N4O3/c1-13(21-22-15-10-6-3-7-11-15)16-17(24)20-19(26)23(18(16)25)12-14-8-4-2-5-9-14/h2-11,22,25H,12H2,1H3,(H,20,24,26). The van der Waals surface area contributed by atoms with Gasteiger partial charge in [-0.3, -0.25) is 19.8 Å². The van der Waals surface area contributed by atoms with Crippen molar-refractivity contribution in [3.05, 3.63) is 92.6 Å². The zero-order valence-electron chi connectivity index (χ0n) is 14.1. The summed E-state index contributed by atoms with van der Waals surface area (Å²) in [5, 5.41) is 14.6. The summed E-state index contributed by atoms with van der Waals surface area (Å²) in [5.74, 6) is -0.418. The number of aromatic nitrogens is 2. The van der Waals surface area contributed by atoms with Crippen molar-refractivity contribution in [2.75, 3.05) is 5.43 Å². The monoisotopic (exact) mass is 350 g/mol. The number of H-pyrrole nitrogens is 1. The first-order valence-corrected chi connectivity index (χ1v) is 8.02. The SMILES string of the molecule is CC(=NNc1ccccc1)c1c(O)n(Cc2ccccc2)c(=O)[nH]c1=O. The molecule has 0 saturated carbocycles. The molecule has 0 saturated heterocycles. The lowest BCUT2D eigenvalue weighted by molar-refractivity contribution is 0.408. The molecule has 26 heavy (non-hydrogen) atoms. The molecule has 0 atom stereocenters. The predicted octanol–water partition coefficient (Wildman–Crippen LogP) is 2.13. The summed E-state index contributed by atoms with van der Waals surface area (Å²) in [7, 11) is 0. The summed E-state index contributed by atoms with van der Waals surface area (Å²) in [5.41, 5.74) is 3.22. The zero-order valence-corrected chi connectivity index (χ0v) is 14.1. The van der Waals surface area contributed by atoms with Crippen LogP contribution in [0.5, 0.6) is 5.88 Å². The van der Waals surface area contributed by atoms with E-state index in [9.17, 15) is 14.7 Å². The number of aromatic amines is 1. The summed E-state index contributed by atoms with van der Waals surface area (Å²) in [6.07, 6.45) is 0. The van der Waals surface area contributed by atoms with Crippen LogP contribution in [-0.2, 0) is 6.54 Å². The van der Waals surface area contributed by atoms with Crippen molar-refractivity contribution < 1.29 is 5.11 Å². The van der Waals surface area contributed by atoms with Crippen LogP contribution in [0.15, 0.2) is 75.4 Å². The molecule has 0 aliphatic rings. The van der Waals surface area contributed by atoms with Crippen LogP contribution in [0.1, 0.15) is 18.1 Å². The van der Waals surface area contributed by atoms with Gasteiger partial charge in [0.15, 0.2) is 0 Å². The summed E-state index contributed by atoms with van der Waals surface area (Å²) < 4.78 is 1.10. The normalized spacial score (nSPS) is 11.3. The van der Waals surface area contributed by atoms with Crippen LogP contribution in [0.3, 0.4) is 0 Å². The van der Waals surface area contributed by atoms with E-state index in [4.69, 9.17) is 0 Å². The molecule has 7 nitrogen and oxygen atoms in total. The van der Waals surface area contributed by atoms with Crippen molar-refractivity contribution in [2.45, 2.75) is 13.5 Å². The molecule has 3 aromatic rings. The van der Waals surface area contributed by atoms with Crippen molar-refractivity contribution in [3.63, 3.8) is 0 Å². The topological polar surface area (TPSA) is 99.5 Å². The van der Waals surface area contributed by atoms with Crippen LogP contribution in [0, 0.1) is 0 Å². The lowest BCUT2D eigenvalue weighted by Crippen LogP contribution is -2.34. The van der Waals surface area contributed by atoms with E-state index in [2.05, 4.69) is 15.5 Å². The Morgan fingerprint density at radius 1 is 1.08 bits per heavy atom. The number of hydrazone groups is 1. The fourth-order valence-corrected chi connectivity index (χ4v) is 2.52. The van der Waals surface area contributed by atoms with Crippen LogP contribution < -0.4 is 16.7 Å². The van der Waals surface area contributed by atoms with E-state index in [1.165, 1.54) is 0 Å². The lowest BCUT2D eigenvalue weighted by atomic mass is 10.2. The Hall–Kier alpha value is -3.61. The van der Waals surface area contributed by atoms with E-state index >= 15 is 0 Å². The van der Waals surface area contributed by atoms with Crippen molar-refractivity contribution in [2.24, 2.45) is 5.10 Å². The molecule has 1 heterocycles. The number of aromatic hydroxyl groups is 1. The second kappa shape index (κ2) is 7.52. The van der Waals surface area contributed by atoms with Gasteiger partial charge in [0.25, 0.3) is 5.56 Å². The number of benzene rings is 2. The molecule has 0 aliphatic heterocycles. The third kappa shape index (κ3) is 3.72. The van der Waals surface area contributed by atoms with Gasteiger partial charge in [0.2, 0.25) is 5.88 Å². The van der Waals surface area contributed by atoms with Gasteiger partial charge in [-0.25, -0.2) is 4.79 Å². The number of nitrogens with one attached hydrogen (secondary N) is 2. The first-order chi connectivity index (χ1) is 12.6. The summed E-state index contributed by atoms with van der Waals surface area (Å²) in [6.45, 7) is 1.71. The van der Waals surface area contributed by atoms with E-state index in [0.29, 0.717) is 0 Å². The molecule has 7 heteroatoms. The summed E-state index contributed by atoms with van der Waals surface area (Å²) in [4.78, 5) is 26.5. The van der Waals surface area contributed by atoms with Crippen LogP contribution in [-0.4, -0.2) is 20.4 Å². The molecule has 2 aromatic carbocycles. The van der Waals surface area contributed by atoms with E-state index in [0.717, 1.165) is 15.8 Å². The second-order valence-corrected chi connectivity index (χ2v) is 5.70. The van der Waals surface area contributed by atoms with E-state index < -0.39 is 17.1 Å². The van der Waals surface area contributed by atoms with Crippen molar-refractivity contribution >= 4 is 11.4 Å². The van der Waals surface area contributed by atoms with Gasteiger partial charge in [-0.15, -0.1) is 0 Å². The quantitative estimate of drug-likeness (QED) is 0.485. The maximum absolute atomic E-state index is 12.2. The van der Waals surface area contributed by atoms with Crippen LogP contribution in [0.25, 0.3) is 0 Å². The molecule has 132 valence electrons. The first kappa shape index (κ1) is 17.2. The fourth-order valence-electron chi connectivity index (χ4n) is 2.52. The second-order valence-electron chi connectivity index (χ2n) is 5.70. The van der Waals surface area contributed by atoms with Gasteiger partial charge >= 0.3 is 5.69 Å². The van der Waals surface area contributed by atoms with Crippen LogP contribution >= 0.6 is 0 Å². The Labute approximate surface area is 149 Å². The lowest BCUT2D eigenvalue weighted by Gasteiger charge is -2.11. The summed E-state index contributed by atoms with van der Waals surface area (Å²) >= 11 is 0. The Kier molecular flexibility index (Phi) is 4.98. The van der Waals surface area contributed by atoms with Crippen LogP contribution in [0.4, 0.5) is 5.69 Å². The molecular formula is C19H18N4O3. The fraction of sp³-hybridized carbons (Fsp3) is 0.105. The molecule has 0 radical (unpaired) electrons. The maximum atomic E-state index is 12.2. The highest BCUT2D eigenvalue weighted by Crippen LogP contribution is 2.14. The van der Waals surface area contributed by atoms with Crippen molar-refractivity contribution in [1.29, 1.82) is 0 Å². The minimum Gasteiger partial charge on any atom is -0.494 e. The molecule has 3 N–H and O–H groups in total. The average Bonchev–Trinajstić information content (AvgIpc) is 2.65. The molecule has 0 aliphatic carbocycles. The molecular weight excluding hydrogens is 332 g/mol. The van der Waals surface area contributed by atoms with Gasteiger partial charge in [-0.05, 0) is 24.6 Å². The van der Waals surface area contributed by atoms with Gasteiger partial charge in [0.05, 0.1) is 17.9 Å². The number of anilines is 1. The molecule has 3 rings (SSSR count). The van der Waals surface area contributed by atoms with Crippen LogP contribution in [0.2, 0.25) is 0 Å². The Balaban J connectivity index is 1.98.